The Morgan fingerprint density at radius 3 is 2.50 bits per heavy atom. The standard InChI is InChI=1S/C13H23F3N2O3S/c1-17(22(19,20)9-13(14,15)16)11-4-3-5-12(11)18-7-6-10(8-18)21-2/h10-12H,3-9H2,1-2H3/t10?,11-,12+/m1/s1. The van der Waals surface area contributed by atoms with Gasteiger partial charge in [0.2, 0.25) is 10.0 Å². The van der Waals surface area contributed by atoms with E-state index in [4.69, 9.17) is 4.74 Å². The van der Waals surface area contributed by atoms with Gasteiger partial charge in [0.15, 0.2) is 5.75 Å². The number of sulfonamides is 1. The Hall–Kier alpha value is -0.380. The molecule has 0 aromatic rings. The zero-order valence-electron chi connectivity index (χ0n) is 12.8. The summed E-state index contributed by atoms with van der Waals surface area (Å²) in [6, 6.07) is -0.406. The summed E-state index contributed by atoms with van der Waals surface area (Å²) in [6.45, 7) is 1.51. The summed E-state index contributed by atoms with van der Waals surface area (Å²) < 4.78 is 67.6. The average molecular weight is 344 g/mol. The molecule has 0 aromatic heterocycles. The summed E-state index contributed by atoms with van der Waals surface area (Å²) in [5.74, 6) is -1.79. The van der Waals surface area contributed by atoms with E-state index in [1.165, 1.54) is 7.05 Å². The normalized spacial score (nSPS) is 31.3. The van der Waals surface area contributed by atoms with Crippen LogP contribution in [0.5, 0.6) is 0 Å². The Morgan fingerprint density at radius 2 is 1.95 bits per heavy atom. The van der Waals surface area contributed by atoms with E-state index in [1.807, 2.05) is 0 Å². The second-order valence-corrected chi connectivity index (χ2v) is 8.12. The van der Waals surface area contributed by atoms with Gasteiger partial charge in [0.05, 0.1) is 6.10 Å². The minimum atomic E-state index is -4.71. The van der Waals surface area contributed by atoms with E-state index in [-0.39, 0.29) is 18.2 Å². The lowest BCUT2D eigenvalue weighted by Crippen LogP contribution is -2.50. The molecule has 2 aliphatic rings. The molecule has 22 heavy (non-hydrogen) atoms. The minimum Gasteiger partial charge on any atom is -0.380 e. The van der Waals surface area contributed by atoms with Gasteiger partial charge >= 0.3 is 6.18 Å². The van der Waals surface area contributed by atoms with E-state index < -0.39 is 22.0 Å². The maximum absolute atomic E-state index is 12.5. The molecule has 1 unspecified atom stereocenters. The van der Waals surface area contributed by atoms with E-state index >= 15 is 0 Å². The first kappa shape index (κ1) is 18.0. The van der Waals surface area contributed by atoms with Crippen molar-refractivity contribution in [2.45, 2.75) is 50.0 Å². The molecule has 9 heteroatoms. The van der Waals surface area contributed by atoms with E-state index in [0.717, 1.165) is 30.1 Å². The Morgan fingerprint density at radius 1 is 1.27 bits per heavy atom. The predicted molar refractivity (Wildman–Crippen MR) is 76.0 cm³/mol. The largest absolute Gasteiger partial charge is 0.404 e. The number of methoxy groups -OCH3 is 1. The molecule has 1 aliphatic heterocycles. The number of alkyl halides is 3. The van der Waals surface area contributed by atoms with Gasteiger partial charge in [-0.05, 0) is 19.3 Å². The van der Waals surface area contributed by atoms with Crippen LogP contribution in [0.3, 0.4) is 0 Å². The van der Waals surface area contributed by atoms with Crippen LogP contribution in [-0.2, 0) is 14.8 Å². The fourth-order valence-corrected chi connectivity index (χ4v) is 4.81. The van der Waals surface area contributed by atoms with Crippen LogP contribution in [-0.4, -0.2) is 75.0 Å². The van der Waals surface area contributed by atoms with Gasteiger partial charge in [-0.3, -0.25) is 4.90 Å². The van der Waals surface area contributed by atoms with Crippen molar-refractivity contribution in [2.24, 2.45) is 0 Å². The average Bonchev–Trinajstić information content (AvgIpc) is 3.03. The summed E-state index contributed by atoms with van der Waals surface area (Å²) in [5.41, 5.74) is 0. The number of hydrogen-bond donors (Lipinski definition) is 0. The molecular formula is C13H23F3N2O3S. The van der Waals surface area contributed by atoms with Gasteiger partial charge in [-0.2, -0.15) is 13.2 Å². The van der Waals surface area contributed by atoms with Gasteiger partial charge < -0.3 is 4.74 Å². The number of halogens is 3. The zero-order valence-corrected chi connectivity index (χ0v) is 13.7. The van der Waals surface area contributed by atoms with Gasteiger partial charge in [0.1, 0.15) is 0 Å². The molecule has 1 saturated heterocycles. The lowest BCUT2D eigenvalue weighted by atomic mass is 10.1. The van der Waals surface area contributed by atoms with Gasteiger partial charge in [0, 0.05) is 39.3 Å². The van der Waals surface area contributed by atoms with Crippen LogP contribution in [0, 0.1) is 0 Å². The van der Waals surface area contributed by atoms with Crippen LogP contribution in [0.15, 0.2) is 0 Å². The highest BCUT2D eigenvalue weighted by Crippen LogP contribution is 2.32. The van der Waals surface area contributed by atoms with Crippen molar-refractivity contribution in [1.29, 1.82) is 0 Å². The fraction of sp³-hybridized carbons (Fsp3) is 1.00. The first-order valence-corrected chi connectivity index (χ1v) is 9.04. The molecular weight excluding hydrogens is 321 g/mol. The van der Waals surface area contributed by atoms with Crippen molar-refractivity contribution in [3.8, 4) is 0 Å². The molecule has 5 nitrogen and oxygen atoms in total. The van der Waals surface area contributed by atoms with E-state index in [1.54, 1.807) is 7.11 Å². The van der Waals surface area contributed by atoms with Gasteiger partial charge in [0.25, 0.3) is 0 Å². The van der Waals surface area contributed by atoms with Gasteiger partial charge in [-0.25, -0.2) is 12.7 Å². The predicted octanol–water partition coefficient (Wildman–Crippen LogP) is 1.45. The van der Waals surface area contributed by atoms with Crippen LogP contribution in [0.4, 0.5) is 13.2 Å². The molecule has 2 rings (SSSR count). The first-order valence-electron chi connectivity index (χ1n) is 7.43. The van der Waals surface area contributed by atoms with Crippen LogP contribution in [0.1, 0.15) is 25.7 Å². The number of rotatable bonds is 5. The third-order valence-corrected chi connectivity index (χ3v) is 6.52. The van der Waals surface area contributed by atoms with Crippen molar-refractivity contribution in [3.05, 3.63) is 0 Å². The Labute approximate surface area is 129 Å². The van der Waals surface area contributed by atoms with Gasteiger partial charge in [-0.1, -0.05) is 6.42 Å². The summed E-state index contributed by atoms with van der Waals surface area (Å²) in [5, 5.41) is 0. The molecule has 0 aromatic carbocycles. The highest BCUT2D eigenvalue weighted by molar-refractivity contribution is 7.89. The first-order chi connectivity index (χ1) is 10.1. The highest BCUT2D eigenvalue weighted by atomic mass is 32.2. The molecule has 1 aliphatic carbocycles. The molecule has 1 saturated carbocycles. The van der Waals surface area contributed by atoms with Crippen molar-refractivity contribution in [1.82, 2.24) is 9.21 Å². The second kappa shape index (κ2) is 6.62. The van der Waals surface area contributed by atoms with Gasteiger partial charge in [-0.15, -0.1) is 0 Å². The number of likely N-dealkylation sites (tertiary alicyclic amines) is 1. The van der Waals surface area contributed by atoms with Crippen LogP contribution in [0.2, 0.25) is 0 Å². The molecule has 0 amide bonds. The monoisotopic (exact) mass is 344 g/mol. The Kier molecular flexibility index (Phi) is 5.41. The van der Waals surface area contributed by atoms with Crippen molar-refractivity contribution >= 4 is 10.0 Å². The Bertz CT molecular complexity index is 483. The van der Waals surface area contributed by atoms with Crippen LogP contribution in [0.25, 0.3) is 0 Å². The minimum absolute atomic E-state index is 0.0202. The molecule has 0 bridgehead atoms. The smallest absolute Gasteiger partial charge is 0.380 e. The van der Waals surface area contributed by atoms with E-state index in [0.29, 0.717) is 13.0 Å². The number of hydrogen-bond acceptors (Lipinski definition) is 4. The van der Waals surface area contributed by atoms with Crippen molar-refractivity contribution < 1.29 is 26.3 Å². The van der Waals surface area contributed by atoms with Crippen LogP contribution < -0.4 is 0 Å². The Balaban J connectivity index is 2.07. The molecule has 0 radical (unpaired) electrons. The quantitative estimate of drug-likeness (QED) is 0.758. The van der Waals surface area contributed by atoms with E-state index in [2.05, 4.69) is 4.90 Å². The molecule has 3 atom stereocenters. The summed E-state index contributed by atoms with van der Waals surface area (Å²) in [7, 11) is -1.42. The van der Waals surface area contributed by atoms with E-state index in [9.17, 15) is 21.6 Å². The SMILES string of the molecule is COC1CCN([C@H]2CCC[C@H]2N(C)S(=O)(=O)CC(F)(F)F)C1. The number of ether oxygens (including phenoxy) is 1. The van der Waals surface area contributed by atoms with Crippen molar-refractivity contribution in [3.63, 3.8) is 0 Å². The second-order valence-electron chi connectivity index (χ2n) is 6.09. The zero-order chi connectivity index (χ0) is 16.5. The topological polar surface area (TPSA) is 49.9 Å². The van der Waals surface area contributed by atoms with Crippen molar-refractivity contribution in [2.75, 3.05) is 33.0 Å². The molecule has 2 fully saturated rings. The molecule has 0 N–H and O–H groups in total. The third-order valence-electron chi connectivity index (χ3n) is 4.67. The fourth-order valence-electron chi connectivity index (χ4n) is 3.53. The number of nitrogens with zero attached hydrogens (tertiary/aromatic N) is 2. The summed E-state index contributed by atoms with van der Waals surface area (Å²) in [4.78, 5) is 2.16. The maximum Gasteiger partial charge on any atom is 0.404 e. The molecule has 0 spiro atoms. The summed E-state index contributed by atoms with van der Waals surface area (Å²) >= 11 is 0. The lowest BCUT2D eigenvalue weighted by molar-refractivity contribution is -0.107. The highest BCUT2D eigenvalue weighted by Gasteiger charge is 2.44. The summed E-state index contributed by atoms with van der Waals surface area (Å²) in [6.07, 6.45) is -1.47. The third kappa shape index (κ3) is 4.12. The lowest BCUT2D eigenvalue weighted by Gasteiger charge is -2.34. The molecule has 1 heterocycles. The van der Waals surface area contributed by atoms with Crippen LogP contribution >= 0.6 is 0 Å². The molecule has 130 valence electrons. The maximum atomic E-state index is 12.5. The number of likely N-dealkylation sites (N-methyl/N-ethyl adjacent to an activating group) is 1.